The van der Waals surface area contributed by atoms with Crippen LogP contribution < -0.4 is 10.5 Å². The minimum Gasteiger partial charge on any atom is -0.491 e. The molecule has 2 rings (SSSR count). The highest BCUT2D eigenvalue weighted by Gasteiger charge is 2.12. The lowest BCUT2D eigenvalue weighted by Gasteiger charge is -2.18. The number of ether oxygens (including phenoxy) is 1. The fourth-order valence-corrected chi connectivity index (χ4v) is 2.47. The van der Waals surface area contributed by atoms with Crippen molar-refractivity contribution in [3.05, 3.63) is 65.7 Å². The average molecular weight is 283 g/mol. The Bertz CT molecular complexity index is 536. The average Bonchev–Trinajstić information content (AvgIpc) is 2.48. The number of benzene rings is 2. The normalized spacial score (nSPS) is 12.4. The van der Waals surface area contributed by atoms with Crippen LogP contribution >= 0.6 is 0 Å². The summed E-state index contributed by atoms with van der Waals surface area (Å²) in [6.45, 7) is 4.08. The monoisotopic (exact) mass is 283 g/mol. The van der Waals surface area contributed by atoms with Gasteiger partial charge in [0.2, 0.25) is 0 Å². The van der Waals surface area contributed by atoms with Crippen molar-refractivity contribution in [1.82, 2.24) is 0 Å². The van der Waals surface area contributed by atoms with E-state index in [0.717, 1.165) is 30.6 Å². The van der Waals surface area contributed by atoms with Gasteiger partial charge in [0.1, 0.15) is 5.75 Å². The van der Waals surface area contributed by atoms with E-state index in [4.69, 9.17) is 10.5 Å². The second kappa shape index (κ2) is 7.84. The summed E-state index contributed by atoms with van der Waals surface area (Å²) in [5, 5.41) is 0. The van der Waals surface area contributed by atoms with Crippen molar-refractivity contribution in [3.63, 3.8) is 0 Å². The number of para-hydroxylation sites is 1. The molecule has 2 heteroatoms. The van der Waals surface area contributed by atoms with Crippen LogP contribution in [0.4, 0.5) is 0 Å². The molecule has 21 heavy (non-hydrogen) atoms. The molecule has 112 valence electrons. The molecule has 2 N–H and O–H groups in total. The van der Waals surface area contributed by atoms with Gasteiger partial charge in [-0.05, 0) is 44.7 Å². The van der Waals surface area contributed by atoms with E-state index in [9.17, 15) is 0 Å². The largest absolute Gasteiger partial charge is 0.491 e. The Kier molecular flexibility index (Phi) is 5.82. The SMILES string of the molecule is CC(C)Oc1ccccc1C(N)CCCc1ccccc1. The topological polar surface area (TPSA) is 35.2 Å². The third-order valence-electron chi connectivity index (χ3n) is 3.50. The van der Waals surface area contributed by atoms with Crippen molar-refractivity contribution in [2.75, 3.05) is 0 Å². The van der Waals surface area contributed by atoms with Gasteiger partial charge >= 0.3 is 0 Å². The summed E-state index contributed by atoms with van der Waals surface area (Å²) in [5.41, 5.74) is 8.84. The van der Waals surface area contributed by atoms with Crippen LogP contribution in [0.3, 0.4) is 0 Å². The van der Waals surface area contributed by atoms with Crippen LogP contribution in [0.2, 0.25) is 0 Å². The highest BCUT2D eigenvalue weighted by atomic mass is 16.5. The summed E-state index contributed by atoms with van der Waals surface area (Å²) in [5.74, 6) is 0.916. The molecule has 0 aliphatic carbocycles. The first-order chi connectivity index (χ1) is 10.2. The standard InChI is InChI=1S/C19H25NO/c1-15(2)21-19-14-7-6-12-17(19)18(20)13-8-11-16-9-4-3-5-10-16/h3-7,9-10,12,14-15,18H,8,11,13,20H2,1-2H3. The van der Waals surface area contributed by atoms with Crippen LogP contribution in [0.5, 0.6) is 5.75 Å². The summed E-state index contributed by atoms with van der Waals surface area (Å²) < 4.78 is 5.85. The van der Waals surface area contributed by atoms with Crippen LogP contribution in [-0.2, 0) is 6.42 Å². The predicted octanol–water partition coefficient (Wildman–Crippen LogP) is 4.50. The molecular formula is C19H25NO. The van der Waals surface area contributed by atoms with Crippen molar-refractivity contribution in [2.24, 2.45) is 5.73 Å². The van der Waals surface area contributed by atoms with Crippen molar-refractivity contribution in [2.45, 2.75) is 45.3 Å². The molecule has 0 aromatic heterocycles. The molecule has 2 nitrogen and oxygen atoms in total. The third-order valence-corrected chi connectivity index (χ3v) is 3.50. The molecule has 0 aliphatic heterocycles. The zero-order valence-corrected chi connectivity index (χ0v) is 13.0. The number of hydrogen-bond donors (Lipinski definition) is 1. The van der Waals surface area contributed by atoms with Gasteiger partial charge in [-0.2, -0.15) is 0 Å². The van der Waals surface area contributed by atoms with E-state index < -0.39 is 0 Å². The van der Waals surface area contributed by atoms with Crippen molar-refractivity contribution < 1.29 is 4.74 Å². The van der Waals surface area contributed by atoms with Crippen LogP contribution in [0, 0.1) is 0 Å². The van der Waals surface area contributed by atoms with Crippen molar-refractivity contribution in [1.29, 1.82) is 0 Å². The molecule has 0 saturated carbocycles. The molecule has 0 amide bonds. The highest BCUT2D eigenvalue weighted by molar-refractivity contribution is 5.35. The van der Waals surface area contributed by atoms with Gasteiger partial charge in [0.05, 0.1) is 6.10 Å². The van der Waals surface area contributed by atoms with E-state index in [-0.39, 0.29) is 12.1 Å². The van der Waals surface area contributed by atoms with Gasteiger partial charge in [0.15, 0.2) is 0 Å². The Labute approximate surface area is 127 Å². The number of hydrogen-bond acceptors (Lipinski definition) is 2. The van der Waals surface area contributed by atoms with Gasteiger partial charge in [-0.3, -0.25) is 0 Å². The van der Waals surface area contributed by atoms with Gasteiger partial charge in [-0.25, -0.2) is 0 Å². The first-order valence-corrected chi connectivity index (χ1v) is 7.72. The van der Waals surface area contributed by atoms with E-state index in [2.05, 4.69) is 36.4 Å². The molecule has 1 unspecified atom stereocenters. The first-order valence-electron chi connectivity index (χ1n) is 7.72. The number of nitrogens with two attached hydrogens (primary N) is 1. The van der Waals surface area contributed by atoms with E-state index in [1.165, 1.54) is 5.56 Å². The molecular weight excluding hydrogens is 258 g/mol. The Morgan fingerprint density at radius 1 is 0.952 bits per heavy atom. The zero-order chi connectivity index (χ0) is 15.1. The van der Waals surface area contributed by atoms with E-state index in [1.54, 1.807) is 0 Å². The van der Waals surface area contributed by atoms with Gasteiger partial charge < -0.3 is 10.5 Å². The molecule has 0 radical (unpaired) electrons. The van der Waals surface area contributed by atoms with E-state index >= 15 is 0 Å². The highest BCUT2D eigenvalue weighted by Crippen LogP contribution is 2.27. The van der Waals surface area contributed by atoms with Gasteiger partial charge in [-0.15, -0.1) is 0 Å². The zero-order valence-electron chi connectivity index (χ0n) is 13.0. The molecule has 0 aliphatic rings. The molecule has 0 saturated heterocycles. The number of rotatable bonds is 7. The summed E-state index contributed by atoms with van der Waals surface area (Å²) in [7, 11) is 0. The van der Waals surface area contributed by atoms with E-state index in [1.807, 2.05) is 32.0 Å². The Balaban J connectivity index is 1.92. The van der Waals surface area contributed by atoms with E-state index in [0.29, 0.717) is 0 Å². The lowest BCUT2D eigenvalue weighted by Crippen LogP contribution is -2.14. The number of aryl methyl sites for hydroxylation is 1. The molecule has 0 spiro atoms. The van der Waals surface area contributed by atoms with Crippen LogP contribution in [0.25, 0.3) is 0 Å². The molecule has 0 heterocycles. The predicted molar refractivity (Wildman–Crippen MR) is 88.5 cm³/mol. The third kappa shape index (κ3) is 4.91. The van der Waals surface area contributed by atoms with Gasteiger partial charge in [-0.1, -0.05) is 48.5 Å². The fourth-order valence-electron chi connectivity index (χ4n) is 2.47. The molecule has 2 aromatic carbocycles. The van der Waals surface area contributed by atoms with Crippen LogP contribution in [0.1, 0.15) is 43.9 Å². The Hall–Kier alpha value is -1.80. The van der Waals surface area contributed by atoms with Crippen molar-refractivity contribution in [3.8, 4) is 5.75 Å². The van der Waals surface area contributed by atoms with Gasteiger partial charge in [0.25, 0.3) is 0 Å². The summed E-state index contributed by atoms with van der Waals surface area (Å²) in [6, 6.07) is 18.7. The summed E-state index contributed by atoms with van der Waals surface area (Å²) >= 11 is 0. The maximum atomic E-state index is 6.36. The van der Waals surface area contributed by atoms with Crippen molar-refractivity contribution >= 4 is 0 Å². The Morgan fingerprint density at radius 2 is 1.62 bits per heavy atom. The maximum absolute atomic E-state index is 6.36. The molecule has 0 fully saturated rings. The maximum Gasteiger partial charge on any atom is 0.124 e. The second-order valence-corrected chi connectivity index (χ2v) is 5.69. The molecule has 1 atom stereocenters. The first kappa shape index (κ1) is 15.6. The summed E-state index contributed by atoms with van der Waals surface area (Å²) in [4.78, 5) is 0. The summed E-state index contributed by atoms with van der Waals surface area (Å²) in [6.07, 6.45) is 3.29. The lowest BCUT2D eigenvalue weighted by atomic mass is 9.99. The quantitative estimate of drug-likeness (QED) is 0.812. The minimum atomic E-state index is 0.0312. The fraction of sp³-hybridized carbons (Fsp3) is 0.368. The molecule has 0 bridgehead atoms. The Morgan fingerprint density at radius 3 is 2.33 bits per heavy atom. The lowest BCUT2D eigenvalue weighted by molar-refractivity contribution is 0.238. The molecule has 2 aromatic rings. The minimum absolute atomic E-state index is 0.0312. The van der Waals surface area contributed by atoms with Crippen LogP contribution in [0.15, 0.2) is 54.6 Å². The smallest absolute Gasteiger partial charge is 0.124 e. The second-order valence-electron chi connectivity index (χ2n) is 5.69. The van der Waals surface area contributed by atoms with Gasteiger partial charge in [0, 0.05) is 11.6 Å². The van der Waals surface area contributed by atoms with Crippen LogP contribution in [-0.4, -0.2) is 6.10 Å².